The fraction of sp³-hybridized carbons (Fsp3) is 0.350. The molecule has 0 bridgehead atoms. The maximum Gasteiger partial charge on any atom is 0.226 e. The van der Waals surface area contributed by atoms with Gasteiger partial charge in [-0.25, -0.2) is 9.97 Å². The Morgan fingerprint density at radius 2 is 2.00 bits per heavy atom. The molecule has 0 unspecified atom stereocenters. The summed E-state index contributed by atoms with van der Waals surface area (Å²) in [5.41, 5.74) is 2.69. The predicted molar refractivity (Wildman–Crippen MR) is 101 cm³/mol. The molecule has 0 spiro atoms. The molecule has 3 heterocycles. The van der Waals surface area contributed by atoms with E-state index in [1.807, 2.05) is 41.3 Å². The maximum absolute atomic E-state index is 12.2. The van der Waals surface area contributed by atoms with Gasteiger partial charge in [0.1, 0.15) is 6.33 Å². The molecular weight excluding hydrogens is 340 g/mol. The van der Waals surface area contributed by atoms with Gasteiger partial charge in [-0.05, 0) is 43.9 Å². The second-order valence-electron chi connectivity index (χ2n) is 6.87. The topological polar surface area (TPSA) is 85.6 Å². The lowest BCUT2D eigenvalue weighted by Gasteiger charge is -2.29. The molecule has 0 saturated heterocycles. The van der Waals surface area contributed by atoms with E-state index in [0.717, 1.165) is 42.6 Å². The molecule has 27 heavy (non-hydrogen) atoms. The fourth-order valence-electron chi connectivity index (χ4n) is 3.56. The summed E-state index contributed by atoms with van der Waals surface area (Å²) in [5, 5.41) is 7.66. The van der Waals surface area contributed by atoms with Gasteiger partial charge in [-0.3, -0.25) is 14.5 Å². The second-order valence-corrected chi connectivity index (χ2v) is 6.87. The lowest BCUT2D eigenvalue weighted by atomic mass is 9.91. The number of nitrogens with zero attached hydrogens (tertiary/aromatic N) is 5. The molecule has 1 fully saturated rings. The standard InChI is InChI=1S/C20H22N6O/c27-20(11-17-3-1-2-9-22-17)25-16-4-6-18(7-5-16)26-13-15(12-24-26)19-8-10-21-14-23-19/h1-3,8-10,12-14,16,18H,4-7,11H2,(H,25,27). The van der Waals surface area contributed by atoms with E-state index >= 15 is 0 Å². The lowest BCUT2D eigenvalue weighted by Crippen LogP contribution is -2.38. The number of aromatic nitrogens is 5. The number of carbonyl (C=O) groups is 1. The lowest BCUT2D eigenvalue weighted by molar-refractivity contribution is -0.121. The van der Waals surface area contributed by atoms with Crippen LogP contribution in [0.1, 0.15) is 37.4 Å². The summed E-state index contributed by atoms with van der Waals surface area (Å²) < 4.78 is 2.03. The van der Waals surface area contributed by atoms with Crippen LogP contribution in [0.4, 0.5) is 0 Å². The average molecular weight is 362 g/mol. The number of hydrogen-bond acceptors (Lipinski definition) is 5. The van der Waals surface area contributed by atoms with E-state index in [-0.39, 0.29) is 11.9 Å². The van der Waals surface area contributed by atoms with Crippen LogP contribution < -0.4 is 5.32 Å². The highest BCUT2D eigenvalue weighted by atomic mass is 16.1. The summed E-state index contributed by atoms with van der Waals surface area (Å²) in [6.07, 6.45) is 13.2. The minimum absolute atomic E-state index is 0.0438. The fourth-order valence-corrected chi connectivity index (χ4v) is 3.56. The van der Waals surface area contributed by atoms with Crippen LogP contribution in [0.25, 0.3) is 11.3 Å². The molecule has 0 aromatic carbocycles. The van der Waals surface area contributed by atoms with Gasteiger partial charge in [0.15, 0.2) is 0 Å². The third-order valence-corrected chi connectivity index (χ3v) is 4.98. The van der Waals surface area contributed by atoms with Crippen molar-refractivity contribution in [2.75, 3.05) is 0 Å². The van der Waals surface area contributed by atoms with E-state index in [1.165, 1.54) is 0 Å². The van der Waals surface area contributed by atoms with Crippen molar-refractivity contribution in [3.05, 3.63) is 61.1 Å². The molecule has 1 aliphatic rings. The Bertz CT molecular complexity index is 872. The van der Waals surface area contributed by atoms with Crippen LogP contribution >= 0.6 is 0 Å². The zero-order valence-electron chi connectivity index (χ0n) is 15.0. The summed E-state index contributed by atoms with van der Waals surface area (Å²) in [4.78, 5) is 24.6. The van der Waals surface area contributed by atoms with Crippen molar-refractivity contribution in [2.24, 2.45) is 0 Å². The molecule has 1 saturated carbocycles. The molecule has 7 heteroatoms. The van der Waals surface area contributed by atoms with Gasteiger partial charge in [-0.15, -0.1) is 0 Å². The molecule has 3 aromatic heterocycles. The Hall–Kier alpha value is -3.09. The number of rotatable bonds is 5. The van der Waals surface area contributed by atoms with Crippen molar-refractivity contribution < 1.29 is 4.79 Å². The van der Waals surface area contributed by atoms with Crippen LogP contribution in [0.15, 0.2) is 55.4 Å². The van der Waals surface area contributed by atoms with E-state index in [2.05, 4.69) is 25.4 Å². The van der Waals surface area contributed by atoms with E-state index in [4.69, 9.17) is 0 Å². The SMILES string of the molecule is O=C(Cc1ccccn1)NC1CCC(n2cc(-c3ccncn3)cn2)CC1. The van der Waals surface area contributed by atoms with Gasteiger partial charge in [0.25, 0.3) is 0 Å². The summed E-state index contributed by atoms with van der Waals surface area (Å²) >= 11 is 0. The van der Waals surface area contributed by atoms with Crippen LogP contribution in [0.2, 0.25) is 0 Å². The monoisotopic (exact) mass is 362 g/mol. The summed E-state index contributed by atoms with van der Waals surface area (Å²) in [7, 11) is 0. The number of amides is 1. The molecule has 138 valence electrons. The van der Waals surface area contributed by atoms with Gasteiger partial charge >= 0.3 is 0 Å². The first-order valence-corrected chi connectivity index (χ1v) is 9.28. The number of pyridine rings is 1. The Morgan fingerprint density at radius 1 is 1.11 bits per heavy atom. The van der Waals surface area contributed by atoms with Crippen molar-refractivity contribution in [3.63, 3.8) is 0 Å². The minimum atomic E-state index is 0.0438. The van der Waals surface area contributed by atoms with Crippen LogP contribution in [0, 0.1) is 0 Å². The van der Waals surface area contributed by atoms with Crippen LogP contribution in [-0.2, 0) is 11.2 Å². The van der Waals surface area contributed by atoms with Crippen molar-refractivity contribution in [1.29, 1.82) is 0 Å². The first kappa shape index (κ1) is 17.3. The van der Waals surface area contributed by atoms with Crippen LogP contribution in [-0.4, -0.2) is 36.7 Å². The molecule has 0 radical (unpaired) electrons. The Kier molecular flexibility index (Phi) is 5.18. The minimum Gasteiger partial charge on any atom is -0.353 e. The highest BCUT2D eigenvalue weighted by Crippen LogP contribution is 2.29. The molecule has 0 atom stereocenters. The molecule has 0 aliphatic heterocycles. The summed E-state index contributed by atoms with van der Waals surface area (Å²) in [5.74, 6) is 0.0438. The van der Waals surface area contributed by atoms with Gasteiger partial charge in [0.2, 0.25) is 5.91 Å². The summed E-state index contributed by atoms with van der Waals surface area (Å²) in [6.45, 7) is 0. The molecule has 1 amide bonds. The second kappa shape index (κ2) is 8.07. The molecule has 4 rings (SSSR count). The Labute approximate surface area is 157 Å². The zero-order chi connectivity index (χ0) is 18.5. The maximum atomic E-state index is 12.2. The first-order chi connectivity index (χ1) is 13.3. The molecule has 7 nitrogen and oxygen atoms in total. The smallest absolute Gasteiger partial charge is 0.226 e. The Morgan fingerprint density at radius 3 is 2.74 bits per heavy atom. The van der Waals surface area contributed by atoms with Crippen molar-refractivity contribution >= 4 is 5.91 Å². The first-order valence-electron chi connectivity index (χ1n) is 9.28. The molecule has 3 aromatic rings. The number of hydrogen-bond donors (Lipinski definition) is 1. The molecule has 1 N–H and O–H groups in total. The van der Waals surface area contributed by atoms with E-state index in [1.54, 1.807) is 18.7 Å². The van der Waals surface area contributed by atoms with Crippen molar-refractivity contribution in [3.8, 4) is 11.3 Å². The van der Waals surface area contributed by atoms with Gasteiger partial charge in [-0.1, -0.05) is 6.07 Å². The summed E-state index contributed by atoms with van der Waals surface area (Å²) in [6, 6.07) is 8.12. The highest BCUT2D eigenvalue weighted by molar-refractivity contribution is 5.78. The van der Waals surface area contributed by atoms with Gasteiger partial charge < -0.3 is 5.32 Å². The zero-order valence-corrected chi connectivity index (χ0v) is 15.0. The largest absolute Gasteiger partial charge is 0.353 e. The van der Waals surface area contributed by atoms with Gasteiger partial charge in [0.05, 0.1) is 24.4 Å². The third-order valence-electron chi connectivity index (χ3n) is 4.98. The molecule has 1 aliphatic carbocycles. The van der Waals surface area contributed by atoms with Gasteiger partial charge in [0, 0.05) is 35.9 Å². The number of carbonyl (C=O) groups excluding carboxylic acids is 1. The van der Waals surface area contributed by atoms with Crippen molar-refractivity contribution in [2.45, 2.75) is 44.2 Å². The van der Waals surface area contributed by atoms with Crippen molar-refractivity contribution in [1.82, 2.24) is 30.0 Å². The van der Waals surface area contributed by atoms with E-state index in [9.17, 15) is 4.79 Å². The average Bonchev–Trinajstić information content (AvgIpc) is 3.20. The normalized spacial score (nSPS) is 19.6. The quantitative estimate of drug-likeness (QED) is 0.754. The predicted octanol–water partition coefficient (Wildman–Crippen LogP) is 2.58. The highest BCUT2D eigenvalue weighted by Gasteiger charge is 2.24. The van der Waals surface area contributed by atoms with Gasteiger partial charge in [-0.2, -0.15) is 5.10 Å². The molecular formula is C20H22N6O. The Balaban J connectivity index is 1.29. The van der Waals surface area contributed by atoms with Crippen LogP contribution in [0.5, 0.6) is 0 Å². The van der Waals surface area contributed by atoms with Crippen LogP contribution in [0.3, 0.4) is 0 Å². The third kappa shape index (κ3) is 4.36. The van der Waals surface area contributed by atoms with E-state index < -0.39 is 0 Å². The number of nitrogens with one attached hydrogen (secondary N) is 1. The van der Waals surface area contributed by atoms with E-state index in [0.29, 0.717) is 12.5 Å².